The highest BCUT2D eigenvalue weighted by atomic mass is 19.4. The van der Waals surface area contributed by atoms with Crippen LogP contribution in [0.15, 0.2) is 18.2 Å². The molecule has 2 rings (SSSR count). The second kappa shape index (κ2) is 3.61. The van der Waals surface area contributed by atoms with Gasteiger partial charge >= 0.3 is 6.18 Å². The highest BCUT2D eigenvalue weighted by Gasteiger charge is 2.31. The van der Waals surface area contributed by atoms with Crippen molar-refractivity contribution in [3.05, 3.63) is 35.0 Å². The van der Waals surface area contributed by atoms with E-state index in [1.165, 1.54) is 13.0 Å². The quantitative estimate of drug-likeness (QED) is 0.758. The van der Waals surface area contributed by atoms with Gasteiger partial charge in [0.2, 0.25) is 0 Å². The van der Waals surface area contributed by atoms with Gasteiger partial charge in [-0.1, -0.05) is 6.07 Å². The van der Waals surface area contributed by atoms with Gasteiger partial charge in [-0.15, -0.1) is 0 Å². The number of aryl methyl sites for hydroxylation is 1. The van der Waals surface area contributed by atoms with Gasteiger partial charge in [-0.05, 0) is 26.0 Å². The van der Waals surface area contributed by atoms with Crippen LogP contribution in [-0.2, 0) is 6.18 Å². The normalized spacial score (nSPS) is 12.1. The van der Waals surface area contributed by atoms with E-state index in [9.17, 15) is 18.0 Å². The Hall–Kier alpha value is -1.78. The zero-order chi connectivity index (χ0) is 12.8. The van der Waals surface area contributed by atoms with Crippen molar-refractivity contribution in [2.75, 3.05) is 0 Å². The smallest absolute Gasteiger partial charge is 0.358 e. The molecule has 1 aromatic heterocycles. The maximum absolute atomic E-state index is 12.5. The molecule has 0 fully saturated rings. The third-order valence-electron chi connectivity index (χ3n) is 2.67. The number of aromatic amines is 1. The van der Waals surface area contributed by atoms with E-state index in [0.717, 1.165) is 12.1 Å². The number of fused-ring (bicyclic) bond motifs is 1. The molecule has 0 aliphatic carbocycles. The molecule has 90 valence electrons. The summed E-state index contributed by atoms with van der Waals surface area (Å²) in [5.41, 5.74) is 0.657. The van der Waals surface area contributed by atoms with Crippen molar-refractivity contribution >= 4 is 16.7 Å². The lowest BCUT2D eigenvalue weighted by Crippen LogP contribution is -2.04. The number of halogens is 3. The van der Waals surface area contributed by atoms with E-state index in [2.05, 4.69) is 4.98 Å². The molecule has 1 aromatic carbocycles. The zero-order valence-corrected chi connectivity index (χ0v) is 9.27. The molecule has 0 bridgehead atoms. The standard InChI is InChI=1S/C12H10F3NO/c1-6-11(7(2)17)9-4-3-8(12(13,14)15)5-10(9)16-6/h3-5,16H,1-2H3. The molecule has 0 aliphatic heterocycles. The topological polar surface area (TPSA) is 32.9 Å². The lowest BCUT2D eigenvalue weighted by Gasteiger charge is -2.05. The second-order valence-corrected chi connectivity index (χ2v) is 3.94. The van der Waals surface area contributed by atoms with E-state index in [1.807, 2.05) is 0 Å². The van der Waals surface area contributed by atoms with Gasteiger partial charge in [0.25, 0.3) is 0 Å². The van der Waals surface area contributed by atoms with Gasteiger partial charge in [0.1, 0.15) is 0 Å². The van der Waals surface area contributed by atoms with E-state index in [1.54, 1.807) is 6.92 Å². The van der Waals surface area contributed by atoms with Crippen LogP contribution in [0.3, 0.4) is 0 Å². The molecule has 1 N–H and O–H groups in total. The number of benzene rings is 1. The number of H-pyrrole nitrogens is 1. The second-order valence-electron chi connectivity index (χ2n) is 3.94. The minimum absolute atomic E-state index is 0.159. The summed E-state index contributed by atoms with van der Waals surface area (Å²) in [7, 11) is 0. The van der Waals surface area contributed by atoms with Crippen molar-refractivity contribution in [1.82, 2.24) is 4.98 Å². The molecule has 2 nitrogen and oxygen atoms in total. The van der Waals surface area contributed by atoms with Crippen LogP contribution < -0.4 is 0 Å². The van der Waals surface area contributed by atoms with Crippen LogP contribution in [0.4, 0.5) is 13.2 Å². The molecular formula is C12H10F3NO. The third kappa shape index (κ3) is 1.92. The van der Waals surface area contributed by atoms with E-state index in [0.29, 0.717) is 22.2 Å². The van der Waals surface area contributed by atoms with Crippen molar-refractivity contribution in [2.45, 2.75) is 20.0 Å². The van der Waals surface area contributed by atoms with Crippen LogP contribution in [-0.4, -0.2) is 10.8 Å². The summed E-state index contributed by atoms with van der Waals surface area (Å²) in [6.45, 7) is 3.07. The number of carbonyl (C=O) groups excluding carboxylic acids is 1. The van der Waals surface area contributed by atoms with Crippen molar-refractivity contribution < 1.29 is 18.0 Å². The predicted octanol–water partition coefficient (Wildman–Crippen LogP) is 3.70. The Kier molecular flexibility index (Phi) is 2.49. The monoisotopic (exact) mass is 241 g/mol. The van der Waals surface area contributed by atoms with Crippen LogP contribution in [0.1, 0.15) is 28.5 Å². The number of ketones is 1. The molecule has 0 amide bonds. The number of carbonyl (C=O) groups is 1. The maximum Gasteiger partial charge on any atom is 0.416 e. The fraction of sp³-hybridized carbons (Fsp3) is 0.250. The summed E-state index contributed by atoms with van der Waals surface area (Å²) in [6, 6.07) is 3.34. The number of aromatic nitrogens is 1. The van der Waals surface area contributed by atoms with Crippen molar-refractivity contribution in [3.63, 3.8) is 0 Å². The molecule has 0 spiro atoms. The Bertz CT molecular complexity index is 596. The first-order valence-corrected chi connectivity index (χ1v) is 5.01. The van der Waals surface area contributed by atoms with Crippen LogP contribution in [0.5, 0.6) is 0 Å². The molecule has 0 saturated heterocycles. The molecule has 0 radical (unpaired) electrons. The SMILES string of the molecule is CC(=O)c1c(C)[nH]c2cc(C(F)(F)F)ccc12. The Balaban J connectivity index is 2.70. The summed E-state index contributed by atoms with van der Waals surface area (Å²) in [4.78, 5) is 14.2. The highest BCUT2D eigenvalue weighted by Crippen LogP contribution is 2.32. The van der Waals surface area contributed by atoms with Crippen molar-refractivity contribution in [1.29, 1.82) is 0 Å². The van der Waals surface area contributed by atoms with Crippen LogP contribution in [0, 0.1) is 6.92 Å². The molecule has 0 aliphatic rings. The Morgan fingerprint density at radius 2 is 1.94 bits per heavy atom. The molecule has 17 heavy (non-hydrogen) atoms. The minimum atomic E-state index is -4.37. The summed E-state index contributed by atoms with van der Waals surface area (Å²) < 4.78 is 37.5. The molecule has 0 saturated carbocycles. The molecular weight excluding hydrogens is 231 g/mol. The van der Waals surface area contributed by atoms with Crippen LogP contribution in [0.2, 0.25) is 0 Å². The van der Waals surface area contributed by atoms with E-state index in [-0.39, 0.29) is 5.78 Å². The minimum Gasteiger partial charge on any atom is -0.358 e. The van der Waals surface area contributed by atoms with Gasteiger partial charge < -0.3 is 4.98 Å². The van der Waals surface area contributed by atoms with Crippen molar-refractivity contribution in [3.8, 4) is 0 Å². The van der Waals surface area contributed by atoms with Gasteiger partial charge in [0.15, 0.2) is 5.78 Å². The van der Waals surface area contributed by atoms with E-state index < -0.39 is 11.7 Å². The molecule has 0 atom stereocenters. The first kappa shape index (κ1) is 11.7. The van der Waals surface area contributed by atoms with E-state index >= 15 is 0 Å². The Labute approximate surface area is 95.4 Å². The van der Waals surface area contributed by atoms with E-state index in [4.69, 9.17) is 0 Å². The van der Waals surface area contributed by atoms with Gasteiger partial charge in [-0.25, -0.2) is 0 Å². The van der Waals surface area contributed by atoms with Gasteiger partial charge in [0.05, 0.1) is 5.56 Å². The number of hydrogen-bond acceptors (Lipinski definition) is 1. The molecule has 5 heteroatoms. The number of Topliss-reactive ketones (excluding diaryl/α,β-unsaturated/α-hetero) is 1. The Morgan fingerprint density at radius 3 is 2.47 bits per heavy atom. The summed E-state index contributed by atoms with van der Waals surface area (Å²) >= 11 is 0. The summed E-state index contributed by atoms with van der Waals surface area (Å²) in [5, 5.41) is 0.531. The van der Waals surface area contributed by atoms with Crippen LogP contribution in [0.25, 0.3) is 10.9 Å². The Morgan fingerprint density at radius 1 is 1.29 bits per heavy atom. The summed E-state index contributed by atoms with van der Waals surface area (Å²) in [6.07, 6.45) is -4.37. The fourth-order valence-electron chi connectivity index (χ4n) is 1.96. The highest BCUT2D eigenvalue weighted by molar-refractivity contribution is 6.08. The predicted molar refractivity (Wildman–Crippen MR) is 58.0 cm³/mol. The average Bonchev–Trinajstić information content (AvgIpc) is 2.50. The van der Waals surface area contributed by atoms with Gasteiger partial charge in [-0.3, -0.25) is 4.79 Å². The number of nitrogens with one attached hydrogen (secondary N) is 1. The fourth-order valence-corrected chi connectivity index (χ4v) is 1.96. The number of hydrogen-bond donors (Lipinski definition) is 1. The van der Waals surface area contributed by atoms with Gasteiger partial charge in [0, 0.05) is 22.2 Å². The first-order chi connectivity index (χ1) is 7.80. The number of rotatable bonds is 1. The number of alkyl halides is 3. The third-order valence-corrected chi connectivity index (χ3v) is 2.67. The molecule has 0 unspecified atom stereocenters. The van der Waals surface area contributed by atoms with Crippen LogP contribution >= 0.6 is 0 Å². The summed E-state index contributed by atoms with van der Waals surface area (Å²) in [5.74, 6) is -0.159. The van der Waals surface area contributed by atoms with Crippen molar-refractivity contribution in [2.24, 2.45) is 0 Å². The maximum atomic E-state index is 12.5. The first-order valence-electron chi connectivity index (χ1n) is 5.01. The molecule has 2 aromatic rings. The van der Waals surface area contributed by atoms with Gasteiger partial charge in [-0.2, -0.15) is 13.2 Å². The molecule has 1 heterocycles. The average molecular weight is 241 g/mol. The largest absolute Gasteiger partial charge is 0.416 e. The lowest BCUT2D eigenvalue weighted by atomic mass is 10.1. The zero-order valence-electron chi connectivity index (χ0n) is 9.27. The lowest BCUT2D eigenvalue weighted by molar-refractivity contribution is -0.137.